The number of aryl methyl sites for hydroxylation is 1. The second-order valence-electron chi connectivity index (χ2n) is 4.20. The molecule has 0 atom stereocenters. The minimum absolute atomic E-state index is 0.0429. The number of ketones is 1. The highest BCUT2D eigenvalue weighted by molar-refractivity contribution is 7.15. The Labute approximate surface area is 106 Å². The third-order valence-corrected chi connectivity index (χ3v) is 4.10. The van der Waals surface area contributed by atoms with E-state index in [1.54, 1.807) is 0 Å². The number of nitrogens with zero attached hydrogens (tertiary/aromatic N) is 1. The van der Waals surface area contributed by atoms with Crippen LogP contribution in [0.2, 0.25) is 0 Å². The van der Waals surface area contributed by atoms with Crippen molar-refractivity contribution in [2.24, 2.45) is 0 Å². The first kappa shape index (κ1) is 11.5. The highest BCUT2D eigenvalue weighted by atomic mass is 32.1. The SMILES string of the molecule is O=C1CCCc2sc(-c3ccc(F)c(F)c3)nc21. The number of benzene rings is 1. The van der Waals surface area contributed by atoms with Crippen molar-refractivity contribution < 1.29 is 13.6 Å². The van der Waals surface area contributed by atoms with Crippen LogP contribution in [0, 0.1) is 11.6 Å². The molecule has 0 amide bonds. The lowest BCUT2D eigenvalue weighted by Gasteiger charge is -2.06. The molecular weight excluding hydrogens is 256 g/mol. The number of hydrogen-bond donors (Lipinski definition) is 0. The van der Waals surface area contributed by atoms with Crippen molar-refractivity contribution in [1.82, 2.24) is 4.98 Å². The van der Waals surface area contributed by atoms with Crippen LogP contribution in [0.1, 0.15) is 28.2 Å². The lowest BCUT2D eigenvalue weighted by atomic mass is 10.0. The highest BCUT2D eigenvalue weighted by Gasteiger charge is 2.22. The van der Waals surface area contributed by atoms with E-state index >= 15 is 0 Å². The van der Waals surface area contributed by atoms with Gasteiger partial charge in [-0.05, 0) is 31.0 Å². The van der Waals surface area contributed by atoms with E-state index in [-0.39, 0.29) is 5.78 Å². The number of fused-ring (bicyclic) bond motifs is 1. The summed E-state index contributed by atoms with van der Waals surface area (Å²) >= 11 is 1.39. The first-order chi connectivity index (χ1) is 8.65. The van der Waals surface area contributed by atoms with Gasteiger partial charge in [-0.2, -0.15) is 0 Å². The van der Waals surface area contributed by atoms with Gasteiger partial charge in [0.05, 0.1) is 0 Å². The van der Waals surface area contributed by atoms with Gasteiger partial charge in [0.25, 0.3) is 0 Å². The number of carbonyl (C=O) groups is 1. The number of thiazole rings is 1. The molecule has 0 radical (unpaired) electrons. The maximum Gasteiger partial charge on any atom is 0.182 e. The molecule has 0 saturated carbocycles. The molecule has 1 aromatic heterocycles. The van der Waals surface area contributed by atoms with Crippen molar-refractivity contribution in [3.05, 3.63) is 40.4 Å². The van der Waals surface area contributed by atoms with E-state index in [2.05, 4.69) is 4.98 Å². The van der Waals surface area contributed by atoms with Gasteiger partial charge in [0, 0.05) is 16.9 Å². The molecule has 92 valence electrons. The van der Waals surface area contributed by atoms with Crippen molar-refractivity contribution in [3.63, 3.8) is 0 Å². The summed E-state index contributed by atoms with van der Waals surface area (Å²) in [5, 5.41) is 0.578. The minimum Gasteiger partial charge on any atom is -0.292 e. The van der Waals surface area contributed by atoms with Crippen LogP contribution in [0.3, 0.4) is 0 Å². The zero-order chi connectivity index (χ0) is 12.7. The number of halogens is 2. The van der Waals surface area contributed by atoms with Crippen LogP contribution in [0.5, 0.6) is 0 Å². The van der Waals surface area contributed by atoms with Gasteiger partial charge in [-0.15, -0.1) is 11.3 Å². The van der Waals surface area contributed by atoms with E-state index in [1.165, 1.54) is 17.4 Å². The standard InChI is InChI=1S/C13H9F2NOS/c14-8-5-4-7(6-9(8)15)13-16-12-10(17)2-1-3-11(12)18-13/h4-6H,1-3H2. The second kappa shape index (κ2) is 4.24. The Kier molecular flexibility index (Phi) is 2.70. The minimum atomic E-state index is -0.896. The average Bonchev–Trinajstić information content (AvgIpc) is 2.78. The van der Waals surface area contributed by atoms with E-state index < -0.39 is 11.6 Å². The fourth-order valence-electron chi connectivity index (χ4n) is 2.02. The van der Waals surface area contributed by atoms with Crippen LogP contribution in [0.4, 0.5) is 8.78 Å². The topological polar surface area (TPSA) is 30.0 Å². The van der Waals surface area contributed by atoms with Gasteiger partial charge in [0.2, 0.25) is 0 Å². The van der Waals surface area contributed by atoms with E-state index in [9.17, 15) is 13.6 Å². The number of carbonyl (C=O) groups excluding carboxylic acids is 1. The molecule has 0 spiro atoms. The molecule has 3 rings (SSSR count). The van der Waals surface area contributed by atoms with Crippen molar-refractivity contribution in [1.29, 1.82) is 0 Å². The molecule has 0 saturated heterocycles. The lowest BCUT2D eigenvalue weighted by Crippen LogP contribution is -2.08. The molecule has 0 fully saturated rings. The Morgan fingerprint density at radius 3 is 2.72 bits per heavy atom. The highest BCUT2D eigenvalue weighted by Crippen LogP contribution is 2.33. The molecule has 5 heteroatoms. The van der Waals surface area contributed by atoms with E-state index in [1.807, 2.05) is 0 Å². The maximum atomic E-state index is 13.2. The summed E-state index contributed by atoms with van der Waals surface area (Å²) in [6.07, 6.45) is 2.20. The fourth-order valence-corrected chi connectivity index (χ4v) is 3.14. The maximum absolute atomic E-state index is 13.2. The Morgan fingerprint density at radius 1 is 1.17 bits per heavy atom. The summed E-state index contributed by atoms with van der Waals surface area (Å²) in [4.78, 5) is 16.9. The third kappa shape index (κ3) is 1.84. The molecule has 1 aliphatic rings. The number of rotatable bonds is 1. The monoisotopic (exact) mass is 265 g/mol. The van der Waals surface area contributed by atoms with Gasteiger partial charge in [-0.3, -0.25) is 4.79 Å². The zero-order valence-electron chi connectivity index (χ0n) is 9.37. The van der Waals surface area contributed by atoms with Gasteiger partial charge in [-0.25, -0.2) is 13.8 Å². The summed E-state index contributed by atoms with van der Waals surface area (Å²) in [6.45, 7) is 0. The predicted octanol–water partition coefficient (Wildman–Crippen LogP) is 3.61. The van der Waals surface area contributed by atoms with Gasteiger partial charge in [0.15, 0.2) is 17.4 Å². The summed E-state index contributed by atoms with van der Waals surface area (Å²) in [5.74, 6) is -1.73. The molecule has 0 aliphatic heterocycles. The molecule has 1 heterocycles. The van der Waals surface area contributed by atoms with Crippen molar-refractivity contribution >= 4 is 17.1 Å². The third-order valence-electron chi connectivity index (χ3n) is 2.94. The Bertz CT molecular complexity index is 636. The van der Waals surface area contributed by atoms with E-state index in [0.717, 1.165) is 29.9 Å². The predicted molar refractivity (Wildman–Crippen MR) is 64.7 cm³/mol. The summed E-state index contributed by atoms with van der Waals surface area (Å²) in [5.41, 5.74) is 1.02. The largest absolute Gasteiger partial charge is 0.292 e. The fraction of sp³-hybridized carbons (Fsp3) is 0.231. The van der Waals surface area contributed by atoms with Crippen LogP contribution >= 0.6 is 11.3 Å². The Hall–Kier alpha value is -1.62. The van der Waals surface area contributed by atoms with Crippen LogP contribution in [0.25, 0.3) is 10.6 Å². The number of hydrogen-bond acceptors (Lipinski definition) is 3. The van der Waals surface area contributed by atoms with Crippen molar-refractivity contribution in [2.75, 3.05) is 0 Å². The van der Waals surface area contributed by atoms with Crippen molar-refractivity contribution in [3.8, 4) is 10.6 Å². The van der Waals surface area contributed by atoms with Gasteiger partial charge >= 0.3 is 0 Å². The molecule has 2 aromatic rings. The quantitative estimate of drug-likeness (QED) is 0.788. The van der Waals surface area contributed by atoms with Crippen LogP contribution in [-0.2, 0) is 6.42 Å². The summed E-state index contributed by atoms with van der Waals surface area (Å²) in [6, 6.07) is 3.67. The molecule has 1 aromatic carbocycles. The van der Waals surface area contributed by atoms with Crippen LogP contribution in [0.15, 0.2) is 18.2 Å². The number of Topliss-reactive ketones (excluding diaryl/α,β-unsaturated/α-hetero) is 1. The number of aromatic nitrogens is 1. The van der Waals surface area contributed by atoms with Gasteiger partial charge < -0.3 is 0 Å². The van der Waals surface area contributed by atoms with Gasteiger partial charge in [0.1, 0.15) is 10.7 Å². The van der Waals surface area contributed by atoms with E-state index in [0.29, 0.717) is 22.7 Å². The summed E-state index contributed by atoms with van der Waals surface area (Å²) < 4.78 is 26.0. The average molecular weight is 265 g/mol. The molecule has 18 heavy (non-hydrogen) atoms. The molecular formula is C13H9F2NOS. The Balaban J connectivity index is 2.07. The van der Waals surface area contributed by atoms with Gasteiger partial charge in [-0.1, -0.05) is 0 Å². The Morgan fingerprint density at radius 2 is 2.00 bits per heavy atom. The van der Waals surface area contributed by atoms with E-state index in [4.69, 9.17) is 0 Å². The van der Waals surface area contributed by atoms with Crippen molar-refractivity contribution in [2.45, 2.75) is 19.3 Å². The lowest BCUT2D eigenvalue weighted by molar-refractivity contribution is 0.0968. The molecule has 0 unspecified atom stereocenters. The molecule has 1 aliphatic carbocycles. The molecule has 0 bridgehead atoms. The summed E-state index contributed by atoms with van der Waals surface area (Å²) in [7, 11) is 0. The molecule has 2 nitrogen and oxygen atoms in total. The second-order valence-corrected chi connectivity index (χ2v) is 5.28. The zero-order valence-corrected chi connectivity index (χ0v) is 10.2. The smallest absolute Gasteiger partial charge is 0.182 e. The first-order valence-electron chi connectivity index (χ1n) is 5.63. The van der Waals surface area contributed by atoms with Crippen LogP contribution in [-0.4, -0.2) is 10.8 Å². The molecule has 0 N–H and O–H groups in total. The first-order valence-corrected chi connectivity index (χ1v) is 6.45. The van der Waals surface area contributed by atoms with Crippen LogP contribution < -0.4 is 0 Å². The normalized spacial score (nSPS) is 14.7.